The fourth-order valence-electron chi connectivity index (χ4n) is 2.82. The number of likely N-dealkylation sites (tertiary alicyclic amines) is 1. The summed E-state index contributed by atoms with van der Waals surface area (Å²) in [7, 11) is 0. The van der Waals surface area contributed by atoms with E-state index in [1.54, 1.807) is 12.1 Å². The van der Waals surface area contributed by atoms with Crippen molar-refractivity contribution in [2.45, 2.75) is 52.3 Å². The molecule has 1 unspecified atom stereocenters. The van der Waals surface area contributed by atoms with Crippen LogP contribution in [0.15, 0.2) is 29.3 Å². The van der Waals surface area contributed by atoms with Crippen LogP contribution in [0.25, 0.3) is 0 Å². The fourth-order valence-corrected chi connectivity index (χ4v) is 2.82. The van der Waals surface area contributed by atoms with Gasteiger partial charge in [-0.2, -0.15) is 5.26 Å². The van der Waals surface area contributed by atoms with Gasteiger partial charge in [0.25, 0.3) is 0 Å². The lowest BCUT2D eigenvalue weighted by Gasteiger charge is -2.23. The van der Waals surface area contributed by atoms with Crippen molar-refractivity contribution in [3.8, 4) is 6.07 Å². The van der Waals surface area contributed by atoms with Gasteiger partial charge in [0, 0.05) is 19.6 Å². The third-order valence-corrected chi connectivity index (χ3v) is 4.04. The van der Waals surface area contributed by atoms with E-state index in [-0.39, 0.29) is 12.1 Å². The van der Waals surface area contributed by atoms with E-state index in [0.717, 1.165) is 31.0 Å². The van der Waals surface area contributed by atoms with Crippen LogP contribution in [0, 0.1) is 11.3 Å². The molecule has 1 atom stereocenters. The van der Waals surface area contributed by atoms with E-state index in [1.807, 2.05) is 39.8 Å². The number of guanidine groups is 1. The minimum absolute atomic E-state index is 0.0404. The molecule has 0 aliphatic carbocycles. The number of hydrogen-bond donors (Lipinski definition) is 2. The Morgan fingerprint density at radius 2 is 2.07 bits per heavy atom. The molecule has 146 valence electrons. The molecule has 1 saturated heterocycles. The maximum atomic E-state index is 12.0. The predicted molar refractivity (Wildman–Crippen MR) is 105 cm³/mol. The molecule has 1 aromatic rings. The van der Waals surface area contributed by atoms with Crippen molar-refractivity contribution in [2.24, 2.45) is 4.99 Å². The average Bonchev–Trinajstić information content (AvgIpc) is 3.05. The number of hydrogen-bond acceptors (Lipinski definition) is 4. The molecule has 0 aromatic heterocycles. The molecule has 1 aromatic carbocycles. The second-order valence-corrected chi connectivity index (χ2v) is 7.56. The van der Waals surface area contributed by atoms with Crippen LogP contribution in [-0.2, 0) is 11.3 Å². The van der Waals surface area contributed by atoms with Crippen molar-refractivity contribution in [1.29, 1.82) is 5.26 Å². The van der Waals surface area contributed by atoms with Gasteiger partial charge < -0.3 is 20.3 Å². The van der Waals surface area contributed by atoms with E-state index in [2.05, 4.69) is 21.6 Å². The molecule has 0 spiro atoms. The van der Waals surface area contributed by atoms with Crippen LogP contribution in [0.1, 0.15) is 45.2 Å². The first-order chi connectivity index (χ1) is 12.8. The van der Waals surface area contributed by atoms with Gasteiger partial charge in [-0.15, -0.1) is 0 Å². The highest BCUT2D eigenvalue weighted by Crippen LogP contribution is 2.13. The lowest BCUT2D eigenvalue weighted by molar-refractivity contribution is 0.0507. The predicted octanol–water partition coefficient (Wildman–Crippen LogP) is 2.62. The topological polar surface area (TPSA) is 89.8 Å². The Hall–Kier alpha value is -2.75. The Kier molecular flexibility index (Phi) is 7.05. The Balaban J connectivity index is 1.94. The number of alkyl carbamates (subject to hydrolysis) is 1. The van der Waals surface area contributed by atoms with E-state index in [0.29, 0.717) is 18.7 Å². The molecule has 2 N–H and O–H groups in total. The molecule has 1 fully saturated rings. The van der Waals surface area contributed by atoms with E-state index in [1.165, 1.54) is 0 Å². The summed E-state index contributed by atoms with van der Waals surface area (Å²) in [5.41, 5.74) is 1.19. The molecule has 7 nitrogen and oxygen atoms in total. The summed E-state index contributed by atoms with van der Waals surface area (Å²) in [6, 6.07) is 9.60. The molecule has 1 heterocycles. The zero-order valence-corrected chi connectivity index (χ0v) is 16.6. The summed E-state index contributed by atoms with van der Waals surface area (Å²) in [5, 5.41) is 15.1. The van der Waals surface area contributed by atoms with Crippen LogP contribution in [0.4, 0.5) is 4.79 Å². The smallest absolute Gasteiger partial charge is 0.407 e. The van der Waals surface area contributed by atoms with Gasteiger partial charge in [-0.25, -0.2) is 9.79 Å². The number of carbonyl (C=O) groups is 1. The Bertz CT molecular complexity index is 701. The maximum Gasteiger partial charge on any atom is 0.407 e. The van der Waals surface area contributed by atoms with Gasteiger partial charge in [-0.1, -0.05) is 12.1 Å². The maximum absolute atomic E-state index is 12.0. The summed E-state index contributed by atoms with van der Waals surface area (Å²) in [6.07, 6.45) is 0.467. The van der Waals surface area contributed by atoms with E-state index < -0.39 is 5.60 Å². The molecule has 7 heteroatoms. The molecular weight excluding hydrogens is 342 g/mol. The van der Waals surface area contributed by atoms with Crippen LogP contribution in [0.2, 0.25) is 0 Å². The van der Waals surface area contributed by atoms with E-state index in [9.17, 15) is 4.79 Å². The third kappa shape index (κ3) is 6.81. The number of aliphatic imine (C=N–C) groups is 1. The minimum atomic E-state index is -0.500. The van der Waals surface area contributed by atoms with Gasteiger partial charge >= 0.3 is 6.09 Å². The molecule has 0 bridgehead atoms. The summed E-state index contributed by atoms with van der Waals surface area (Å²) in [5.74, 6) is 0.829. The molecule has 0 saturated carbocycles. The third-order valence-electron chi connectivity index (χ3n) is 4.04. The molecule has 0 radical (unpaired) electrons. The van der Waals surface area contributed by atoms with Crippen molar-refractivity contribution in [1.82, 2.24) is 15.5 Å². The quantitative estimate of drug-likeness (QED) is 0.627. The lowest BCUT2D eigenvalue weighted by Crippen LogP contribution is -2.44. The van der Waals surface area contributed by atoms with Crippen molar-refractivity contribution in [3.63, 3.8) is 0 Å². The summed E-state index contributed by atoms with van der Waals surface area (Å²) >= 11 is 0. The number of nitriles is 1. The Morgan fingerprint density at radius 3 is 2.67 bits per heavy atom. The van der Waals surface area contributed by atoms with E-state index in [4.69, 9.17) is 15.0 Å². The lowest BCUT2D eigenvalue weighted by atomic mass is 10.1. The largest absolute Gasteiger partial charge is 0.444 e. The van der Waals surface area contributed by atoms with Gasteiger partial charge in [-0.05, 0) is 51.8 Å². The van der Waals surface area contributed by atoms with Crippen LogP contribution in [0.5, 0.6) is 0 Å². The SMILES string of the molecule is CCNC(=NCc1ccc(C#N)cc1)N1CCC(NC(=O)OC(C)(C)C)C1. The van der Waals surface area contributed by atoms with Crippen molar-refractivity contribution < 1.29 is 9.53 Å². The number of amides is 1. The normalized spacial score (nSPS) is 17.4. The first-order valence-electron chi connectivity index (χ1n) is 9.32. The molecule has 1 aliphatic heterocycles. The van der Waals surface area contributed by atoms with Crippen molar-refractivity contribution >= 4 is 12.1 Å². The van der Waals surface area contributed by atoms with Gasteiger partial charge in [0.15, 0.2) is 5.96 Å². The van der Waals surface area contributed by atoms with Crippen molar-refractivity contribution in [2.75, 3.05) is 19.6 Å². The van der Waals surface area contributed by atoms with Gasteiger partial charge in [-0.3, -0.25) is 0 Å². The number of nitrogens with zero attached hydrogens (tertiary/aromatic N) is 3. The highest BCUT2D eigenvalue weighted by molar-refractivity contribution is 5.80. The van der Waals surface area contributed by atoms with Crippen LogP contribution >= 0.6 is 0 Å². The number of carbonyl (C=O) groups excluding carboxylic acids is 1. The van der Waals surface area contributed by atoms with Crippen LogP contribution in [0.3, 0.4) is 0 Å². The van der Waals surface area contributed by atoms with E-state index >= 15 is 0 Å². The molecule has 1 aliphatic rings. The molecular formula is C20H29N5O2. The highest BCUT2D eigenvalue weighted by Gasteiger charge is 2.27. The monoisotopic (exact) mass is 371 g/mol. The molecule has 2 rings (SSSR count). The van der Waals surface area contributed by atoms with Crippen LogP contribution < -0.4 is 10.6 Å². The first kappa shape index (κ1) is 20.6. The zero-order valence-electron chi connectivity index (χ0n) is 16.6. The summed E-state index contributed by atoms with van der Waals surface area (Å²) in [4.78, 5) is 18.8. The number of rotatable bonds is 4. The van der Waals surface area contributed by atoms with Gasteiger partial charge in [0.05, 0.1) is 24.2 Å². The Morgan fingerprint density at radius 1 is 1.37 bits per heavy atom. The second kappa shape index (κ2) is 9.26. The molecule has 1 amide bonds. The van der Waals surface area contributed by atoms with Gasteiger partial charge in [0.1, 0.15) is 5.60 Å². The first-order valence-corrected chi connectivity index (χ1v) is 9.32. The highest BCUT2D eigenvalue weighted by atomic mass is 16.6. The summed E-state index contributed by atoms with van der Waals surface area (Å²) < 4.78 is 5.33. The Labute approximate surface area is 161 Å². The standard InChI is InChI=1S/C20H29N5O2/c1-5-22-18(23-13-16-8-6-15(12-21)7-9-16)25-11-10-17(14-25)24-19(26)27-20(2,3)4/h6-9,17H,5,10-11,13-14H2,1-4H3,(H,22,23)(H,24,26). The number of ether oxygens (including phenoxy) is 1. The van der Waals surface area contributed by atoms with Crippen molar-refractivity contribution in [3.05, 3.63) is 35.4 Å². The average molecular weight is 371 g/mol. The molecule has 27 heavy (non-hydrogen) atoms. The number of benzene rings is 1. The fraction of sp³-hybridized carbons (Fsp3) is 0.550. The second-order valence-electron chi connectivity index (χ2n) is 7.56. The van der Waals surface area contributed by atoms with Crippen LogP contribution in [-0.4, -0.2) is 48.2 Å². The summed E-state index contributed by atoms with van der Waals surface area (Å²) in [6.45, 7) is 10.4. The van der Waals surface area contributed by atoms with Gasteiger partial charge in [0.2, 0.25) is 0 Å². The minimum Gasteiger partial charge on any atom is -0.444 e. The zero-order chi connectivity index (χ0) is 19.9. The number of nitrogens with one attached hydrogen (secondary N) is 2.